The number of methoxy groups -OCH3 is 1. The Hall–Kier alpha value is -3.21. The highest BCUT2D eigenvalue weighted by Gasteiger charge is 2.21. The fourth-order valence-electron chi connectivity index (χ4n) is 3.47. The molecular weight excluding hydrogens is 380 g/mol. The quantitative estimate of drug-likeness (QED) is 0.381. The summed E-state index contributed by atoms with van der Waals surface area (Å²) in [6, 6.07) is 7.07. The van der Waals surface area contributed by atoms with Gasteiger partial charge in [0.25, 0.3) is 0 Å². The molecule has 1 atom stereocenters. The zero-order valence-electron chi connectivity index (χ0n) is 18.1. The van der Waals surface area contributed by atoms with E-state index >= 15 is 0 Å². The van der Waals surface area contributed by atoms with Crippen molar-refractivity contribution in [2.45, 2.75) is 46.5 Å². The lowest BCUT2D eigenvalue weighted by Crippen LogP contribution is -2.12. The van der Waals surface area contributed by atoms with Crippen LogP contribution in [0.2, 0.25) is 0 Å². The summed E-state index contributed by atoms with van der Waals surface area (Å²) in [6.07, 6.45) is 7.47. The Morgan fingerprint density at radius 3 is 2.67 bits per heavy atom. The van der Waals surface area contributed by atoms with Crippen LogP contribution in [0, 0.1) is 6.92 Å². The highest BCUT2D eigenvalue weighted by molar-refractivity contribution is 5.85. The molecule has 0 unspecified atom stereocenters. The lowest BCUT2D eigenvalue weighted by molar-refractivity contribution is 0.413. The molecular formula is C25H28O5. The van der Waals surface area contributed by atoms with E-state index in [9.17, 15) is 9.90 Å². The van der Waals surface area contributed by atoms with Crippen molar-refractivity contribution in [3.63, 3.8) is 0 Å². The number of allylic oxidation sites excluding steroid dienone is 4. The van der Waals surface area contributed by atoms with Crippen LogP contribution in [0.25, 0.3) is 11.0 Å². The van der Waals surface area contributed by atoms with Crippen LogP contribution in [-0.4, -0.2) is 12.2 Å². The number of fused-ring (bicyclic) bond motifs is 1. The number of hydrogen-bond donors (Lipinski definition) is 1. The summed E-state index contributed by atoms with van der Waals surface area (Å²) in [5, 5.41) is 11.2. The Morgan fingerprint density at radius 2 is 2.00 bits per heavy atom. The van der Waals surface area contributed by atoms with Gasteiger partial charge in [-0.3, -0.25) is 0 Å². The molecule has 3 aromatic rings. The number of aromatic hydroxyl groups is 1. The van der Waals surface area contributed by atoms with Crippen LogP contribution in [-0.2, 0) is 6.42 Å². The zero-order valence-corrected chi connectivity index (χ0v) is 18.1. The summed E-state index contributed by atoms with van der Waals surface area (Å²) in [6.45, 7) is 7.94. The van der Waals surface area contributed by atoms with Crippen LogP contribution in [0.3, 0.4) is 0 Å². The minimum atomic E-state index is -0.534. The standard InChI is InChI=1S/C25H28O5/c1-15(11-20-12-16(2)14-29-20)7-6-8-17(3)18(4)23-24(26)21-10-9-19(28-5)13-22(21)30-25(23)27/h7-10,12-14,18,26H,6,11H2,1-5H3/t18-/m0/s1. The van der Waals surface area contributed by atoms with Gasteiger partial charge in [-0.2, -0.15) is 0 Å². The third-order valence-corrected chi connectivity index (χ3v) is 5.38. The van der Waals surface area contributed by atoms with Crippen molar-refractivity contribution in [2.24, 2.45) is 0 Å². The normalized spacial score (nSPS) is 13.6. The molecule has 0 fully saturated rings. The average molecular weight is 408 g/mol. The second-order valence-electron chi connectivity index (χ2n) is 7.74. The number of rotatable bonds is 7. The van der Waals surface area contributed by atoms with E-state index in [1.54, 1.807) is 24.5 Å². The first-order chi connectivity index (χ1) is 14.3. The smallest absolute Gasteiger partial charge is 0.343 e. The Balaban J connectivity index is 1.79. The predicted molar refractivity (Wildman–Crippen MR) is 118 cm³/mol. The van der Waals surface area contributed by atoms with E-state index in [2.05, 4.69) is 19.1 Å². The van der Waals surface area contributed by atoms with Gasteiger partial charge in [-0.15, -0.1) is 0 Å². The minimum Gasteiger partial charge on any atom is -0.507 e. The molecule has 0 saturated heterocycles. The second-order valence-corrected chi connectivity index (χ2v) is 7.74. The average Bonchev–Trinajstić information content (AvgIpc) is 3.11. The molecule has 0 bridgehead atoms. The second kappa shape index (κ2) is 9.08. The van der Waals surface area contributed by atoms with Crippen molar-refractivity contribution in [2.75, 3.05) is 7.11 Å². The first-order valence-electron chi connectivity index (χ1n) is 10.00. The molecule has 0 spiro atoms. The van der Waals surface area contributed by atoms with Crippen LogP contribution in [0.5, 0.6) is 11.5 Å². The van der Waals surface area contributed by atoms with Gasteiger partial charge >= 0.3 is 5.63 Å². The van der Waals surface area contributed by atoms with E-state index in [0.717, 1.165) is 29.7 Å². The number of furan rings is 1. The molecule has 30 heavy (non-hydrogen) atoms. The first kappa shape index (κ1) is 21.5. The topological polar surface area (TPSA) is 72.8 Å². The van der Waals surface area contributed by atoms with E-state index in [4.69, 9.17) is 13.6 Å². The largest absolute Gasteiger partial charge is 0.507 e. The third-order valence-electron chi connectivity index (χ3n) is 5.38. The number of benzene rings is 1. The summed E-state index contributed by atoms with van der Waals surface area (Å²) in [5.74, 6) is 1.21. The van der Waals surface area contributed by atoms with E-state index in [0.29, 0.717) is 16.7 Å². The van der Waals surface area contributed by atoms with Gasteiger partial charge in [-0.05, 0) is 51.0 Å². The molecule has 5 nitrogen and oxygen atoms in total. The molecule has 3 rings (SSSR count). The lowest BCUT2D eigenvalue weighted by atomic mass is 9.92. The van der Waals surface area contributed by atoms with Crippen LogP contribution in [0.15, 0.2) is 67.5 Å². The molecule has 2 heterocycles. The van der Waals surface area contributed by atoms with Crippen molar-refractivity contribution in [1.82, 2.24) is 0 Å². The van der Waals surface area contributed by atoms with Gasteiger partial charge in [0.05, 0.1) is 24.3 Å². The first-order valence-corrected chi connectivity index (χ1v) is 10.00. The van der Waals surface area contributed by atoms with Gasteiger partial charge in [-0.1, -0.05) is 30.2 Å². The van der Waals surface area contributed by atoms with Gasteiger partial charge in [0.1, 0.15) is 22.8 Å². The maximum atomic E-state index is 12.6. The molecule has 2 aromatic heterocycles. The van der Waals surface area contributed by atoms with Crippen LogP contribution >= 0.6 is 0 Å². The predicted octanol–water partition coefficient (Wildman–Crippen LogP) is 6.04. The van der Waals surface area contributed by atoms with Gasteiger partial charge in [0, 0.05) is 18.4 Å². The van der Waals surface area contributed by atoms with Crippen LogP contribution in [0.4, 0.5) is 0 Å². The van der Waals surface area contributed by atoms with E-state index in [1.807, 2.05) is 26.8 Å². The molecule has 0 aliphatic rings. The Morgan fingerprint density at radius 1 is 1.23 bits per heavy atom. The molecule has 1 aromatic carbocycles. The maximum Gasteiger partial charge on any atom is 0.343 e. The van der Waals surface area contributed by atoms with E-state index in [1.165, 1.54) is 12.7 Å². The molecule has 0 saturated carbocycles. The van der Waals surface area contributed by atoms with Crippen molar-refractivity contribution >= 4 is 11.0 Å². The molecule has 1 N–H and O–H groups in total. The summed E-state index contributed by atoms with van der Waals surface area (Å²) < 4.78 is 16.1. The Bertz CT molecular complexity index is 1160. The van der Waals surface area contributed by atoms with Gasteiger partial charge in [-0.25, -0.2) is 4.79 Å². The summed E-state index contributed by atoms with van der Waals surface area (Å²) in [4.78, 5) is 12.6. The van der Waals surface area contributed by atoms with Crippen molar-refractivity contribution in [1.29, 1.82) is 0 Å². The van der Waals surface area contributed by atoms with Gasteiger partial charge < -0.3 is 18.7 Å². The summed E-state index contributed by atoms with van der Waals surface area (Å²) >= 11 is 0. The summed E-state index contributed by atoms with van der Waals surface area (Å²) in [7, 11) is 1.54. The molecule has 0 radical (unpaired) electrons. The van der Waals surface area contributed by atoms with Crippen molar-refractivity contribution < 1.29 is 18.7 Å². The number of aryl methyl sites for hydroxylation is 1. The molecule has 5 heteroatoms. The lowest BCUT2D eigenvalue weighted by Gasteiger charge is -2.14. The molecule has 0 amide bonds. The third kappa shape index (κ3) is 4.67. The summed E-state index contributed by atoms with van der Waals surface area (Å²) in [5.41, 5.74) is 3.36. The van der Waals surface area contributed by atoms with E-state index in [-0.39, 0.29) is 17.2 Å². The number of ether oxygens (including phenoxy) is 1. The Kier molecular flexibility index (Phi) is 6.50. The van der Waals surface area contributed by atoms with Crippen LogP contribution in [0.1, 0.15) is 50.0 Å². The SMILES string of the molecule is COc1ccc2c(O)c([C@@H](C)C(C)=CCC=C(C)Cc3cc(C)co3)c(=O)oc2c1. The van der Waals surface area contributed by atoms with E-state index < -0.39 is 5.63 Å². The van der Waals surface area contributed by atoms with Gasteiger partial charge in [0.15, 0.2) is 0 Å². The highest BCUT2D eigenvalue weighted by atomic mass is 16.5. The Labute approximate surface area is 176 Å². The number of hydrogen-bond acceptors (Lipinski definition) is 5. The highest BCUT2D eigenvalue weighted by Crippen LogP contribution is 2.35. The minimum absolute atomic E-state index is 0.0379. The molecule has 0 aliphatic carbocycles. The molecule has 0 aliphatic heterocycles. The zero-order chi connectivity index (χ0) is 21.8. The van der Waals surface area contributed by atoms with Crippen LogP contribution < -0.4 is 10.4 Å². The van der Waals surface area contributed by atoms with Gasteiger partial charge in [0.2, 0.25) is 0 Å². The molecule has 158 valence electrons. The maximum absolute atomic E-state index is 12.6. The monoisotopic (exact) mass is 408 g/mol. The fourth-order valence-corrected chi connectivity index (χ4v) is 3.47. The fraction of sp³-hybridized carbons (Fsp3) is 0.320. The van der Waals surface area contributed by atoms with Crippen molar-refractivity contribution in [3.8, 4) is 11.5 Å². The van der Waals surface area contributed by atoms with Crippen molar-refractivity contribution in [3.05, 3.63) is 81.1 Å².